The van der Waals surface area contributed by atoms with Gasteiger partial charge in [0.05, 0.1) is 17.9 Å². The second-order valence-corrected chi connectivity index (χ2v) is 5.44. The average molecular weight is 326 g/mol. The number of rotatable bonds is 5. The van der Waals surface area contributed by atoms with Crippen molar-refractivity contribution in [1.29, 1.82) is 0 Å². The molecule has 0 spiro atoms. The molecule has 0 saturated carbocycles. The van der Waals surface area contributed by atoms with Crippen molar-refractivity contribution in [2.75, 3.05) is 5.32 Å². The molecule has 0 aliphatic heterocycles. The Hall–Kier alpha value is -1.36. The Balaban J connectivity index is 2.00. The lowest BCUT2D eigenvalue weighted by molar-refractivity contribution is 0.474. The Morgan fingerprint density at radius 3 is 2.89 bits per heavy atom. The van der Waals surface area contributed by atoms with Crippen molar-refractivity contribution in [3.05, 3.63) is 46.4 Å². The number of aromatic nitrogens is 2. The van der Waals surface area contributed by atoms with Crippen LogP contribution in [0.25, 0.3) is 0 Å². The van der Waals surface area contributed by atoms with Crippen LogP contribution in [0.3, 0.4) is 0 Å². The van der Waals surface area contributed by atoms with Crippen molar-refractivity contribution in [3.8, 4) is 0 Å². The fourth-order valence-corrected chi connectivity index (χ4v) is 2.06. The number of benzene rings is 1. The van der Waals surface area contributed by atoms with Gasteiger partial charge in [0.2, 0.25) is 0 Å². The number of nitrogens with zero attached hydrogens (tertiary/aromatic N) is 2. The van der Waals surface area contributed by atoms with Crippen LogP contribution in [0.5, 0.6) is 0 Å². The molecule has 0 aliphatic carbocycles. The van der Waals surface area contributed by atoms with Crippen LogP contribution < -0.4 is 5.32 Å². The van der Waals surface area contributed by atoms with E-state index in [-0.39, 0.29) is 5.82 Å². The first-order valence-electron chi connectivity index (χ1n) is 6.33. The quantitative estimate of drug-likeness (QED) is 0.884. The van der Waals surface area contributed by atoms with E-state index < -0.39 is 0 Å². The van der Waals surface area contributed by atoms with Crippen molar-refractivity contribution < 1.29 is 4.39 Å². The van der Waals surface area contributed by atoms with Gasteiger partial charge in [-0.15, -0.1) is 0 Å². The second-order valence-electron chi connectivity index (χ2n) is 4.52. The summed E-state index contributed by atoms with van der Waals surface area (Å²) in [6, 6.07) is 7.31. The van der Waals surface area contributed by atoms with Gasteiger partial charge in [-0.3, -0.25) is 4.68 Å². The summed E-state index contributed by atoms with van der Waals surface area (Å²) < 4.78 is 16.3. The fourth-order valence-electron chi connectivity index (χ4n) is 1.72. The summed E-state index contributed by atoms with van der Waals surface area (Å²) in [4.78, 5) is 0. The summed E-state index contributed by atoms with van der Waals surface area (Å²) in [6.07, 6.45) is 3.00. The molecule has 1 atom stereocenters. The summed E-state index contributed by atoms with van der Waals surface area (Å²) in [5, 5.41) is 7.52. The molecule has 0 amide bonds. The zero-order chi connectivity index (χ0) is 13.8. The number of hydrogen-bond acceptors (Lipinski definition) is 2. The Kier molecular flexibility index (Phi) is 4.58. The zero-order valence-electron chi connectivity index (χ0n) is 11.0. The van der Waals surface area contributed by atoms with Crippen LogP contribution in [0.4, 0.5) is 10.1 Å². The van der Waals surface area contributed by atoms with Crippen LogP contribution in [0.1, 0.15) is 32.0 Å². The maximum absolute atomic E-state index is 13.6. The minimum absolute atomic E-state index is 0.268. The van der Waals surface area contributed by atoms with E-state index in [1.54, 1.807) is 6.07 Å². The van der Waals surface area contributed by atoms with Gasteiger partial charge >= 0.3 is 0 Å². The van der Waals surface area contributed by atoms with Crippen LogP contribution in [0, 0.1) is 5.82 Å². The molecular formula is C14H17BrFN3. The first-order valence-corrected chi connectivity index (χ1v) is 7.12. The van der Waals surface area contributed by atoms with Gasteiger partial charge < -0.3 is 5.32 Å². The fraction of sp³-hybridized carbons (Fsp3) is 0.357. The molecule has 1 aromatic carbocycles. The molecule has 0 radical (unpaired) electrons. The Labute approximate surface area is 121 Å². The molecule has 0 saturated heterocycles. The number of nitrogens with one attached hydrogen (secondary N) is 1. The van der Waals surface area contributed by atoms with Gasteiger partial charge in [0.15, 0.2) is 0 Å². The van der Waals surface area contributed by atoms with Gasteiger partial charge in [-0.2, -0.15) is 5.10 Å². The third-order valence-electron chi connectivity index (χ3n) is 3.10. The molecule has 1 heterocycles. The predicted molar refractivity (Wildman–Crippen MR) is 78.7 cm³/mol. The highest BCUT2D eigenvalue weighted by Gasteiger charge is 2.06. The Bertz CT molecular complexity index is 553. The predicted octanol–water partition coefficient (Wildman–Crippen LogP) is 4.37. The Morgan fingerprint density at radius 2 is 2.21 bits per heavy atom. The molecule has 0 aliphatic rings. The van der Waals surface area contributed by atoms with Gasteiger partial charge in [0, 0.05) is 16.7 Å². The van der Waals surface area contributed by atoms with Gasteiger partial charge in [0.25, 0.3) is 0 Å². The first kappa shape index (κ1) is 14.1. The van der Waals surface area contributed by atoms with Gasteiger partial charge in [-0.1, -0.05) is 22.9 Å². The highest BCUT2D eigenvalue weighted by atomic mass is 79.9. The maximum Gasteiger partial charge on any atom is 0.147 e. The third kappa shape index (κ3) is 3.56. The lowest BCUT2D eigenvalue weighted by Crippen LogP contribution is -2.07. The summed E-state index contributed by atoms with van der Waals surface area (Å²) >= 11 is 3.24. The highest BCUT2D eigenvalue weighted by Crippen LogP contribution is 2.20. The molecule has 5 heteroatoms. The van der Waals surface area contributed by atoms with Crippen molar-refractivity contribution in [3.63, 3.8) is 0 Å². The molecular weight excluding hydrogens is 309 g/mol. The largest absolute Gasteiger partial charge is 0.377 e. The van der Waals surface area contributed by atoms with E-state index in [4.69, 9.17) is 0 Å². The van der Waals surface area contributed by atoms with Gasteiger partial charge in [-0.05, 0) is 37.6 Å². The molecule has 0 bridgehead atoms. The lowest BCUT2D eigenvalue weighted by Gasteiger charge is -2.09. The van der Waals surface area contributed by atoms with Crippen molar-refractivity contribution >= 4 is 21.6 Å². The van der Waals surface area contributed by atoms with Crippen molar-refractivity contribution in [2.24, 2.45) is 0 Å². The van der Waals surface area contributed by atoms with Crippen LogP contribution in [-0.4, -0.2) is 9.78 Å². The van der Waals surface area contributed by atoms with Gasteiger partial charge in [0.1, 0.15) is 5.82 Å². The molecule has 19 heavy (non-hydrogen) atoms. The molecule has 1 aromatic heterocycles. The van der Waals surface area contributed by atoms with Crippen LogP contribution in [0.15, 0.2) is 34.9 Å². The molecule has 2 aromatic rings. The Morgan fingerprint density at radius 1 is 1.42 bits per heavy atom. The lowest BCUT2D eigenvalue weighted by atomic mass is 10.3. The molecule has 1 N–H and O–H groups in total. The molecule has 3 nitrogen and oxygen atoms in total. The highest BCUT2D eigenvalue weighted by molar-refractivity contribution is 9.10. The molecule has 102 valence electrons. The molecule has 2 rings (SSSR count). The monoisotopic (exact) mass is 325 g/mol. The SMILES string of the molecule is CCC(C)n1ccc(CNc2ccc(Br)cc2F)n1. The summed E-state index contributed by atoms with van der Waals surface area (Å²) in [5.74, 6) is -0.268. The number of hydrogen-bond donors (Lipinski definition) is 1. The minimum Gasteiger partial charge on any atom is -0.377 e. The summed E-state index contributed by atoms with van der Waals surface area (Å²) in [7, 11) is 0. The van der Waals surface area contributed by atoms with Crippen molar-refractivity contribution in [1.82, 2.24) is 9.78 Å². The summed E-state index contributed by atoms with van der Waals surface area (Å²) in [6.45, 7) is 4.77. The normalized spacial score (nSPS) is 12.4. The van der Waals surface area contributed by atoms with E-state index in [0.717, 1.165) is 16.6 Å². The third-order valence-corrected chi connectivity index (χ3v) is 3.59. The van der Waals surface area contributed by atoms with E-state index in [1.807, 2.05) is 23.0 Å². The smallest absolute Gasteiger partial charge is 0.147 e. The second kappa shape index (κ2) is 6.19. The number of anilines is 1. The van der Waals surface area contributed by atoms with Crippen LogP contribution >= 0.6 is 15.9 Å². The standard InChI is InChI=1S/C14H17BrFN3/c1-3-10(2)19-7-6-12(18-19)9-17-14-5-4-11(15)8-13(14)16/h4-8,10,17H,3,9H2,1-2H3. The maximum atomic E-state index is 13.6. The number of halogens is 2. The topological polar surface area (TPSA) is 29.9 Å². The minimum atomic E-state index is -0.268. The first-order chi connectivity index (χ1) is 9.10. The molecule has 1 unspecified atom stereocenters. The zero-order valence-corrected chi connectivity index (χ0v) is 12.6. The van der Waals surface area contributed by atoms with Gasteiger partial charge in [-0.25, -0.2) is 4.39 Å². The van der Waals surface area contributed by atoms with Crippen LogP contribution in [-0.2, 0) is 6.54 Å². The van der Waals surface area contributed by atoms with Crippen LogP contribution in [0.2, 0.25) is 0 Å². The van der Waals surface area contributed by atoms with E-state index in [9.17, 15) is 4.39 Å². The van der Waals surface area contributed by atoms with E-state index in [2.05, 4.69) is 40.2 Å². The van der Waals surface area contributed by atoms with Crippen molar-refractivity contribution in [2.45, 2.75) is 32.9 Å². The van der Waals surface area contributed by atoms with E-state index in [1.165, 1.54) is 6.07 Å². The average Bonchev–Trinajstić information content (AvgIpc) is 2.85. The molecule has 0 fully saturated rings. The van der Waals surface area contributed by atoms with E-state index in [0.29, 0.717) is 18.3 Å². The van der Waals surface area contributed by atoms with E-state index >= 15 is 0 Å². The summed E-state index contributed by atoms with van der Waals surface area (Å²) in [5.41, 5.74) is 1.39.